The molecule has 7 heteroatoms. The van der Waals surface area contributed by atoms with Crippen molar-refractivity contribution >= 4 is 21.4 Å². The van der Waals surface area contributed by atoms with Gasteiger partial charge in [-0.05, 0) is 36.5 Å². The van der Waals surface area contributed by atoms with Crippen molar-refractivity contribution in [2.24, 2.45) is 0 Å². The molecule has 5 nitrogen and oxygen atoms in total. The highest BCUT2D eigenvalue weighted by Gasteiger charge is 2.34. The molecule has 0 saturated carbocycles. The number of piperidine rings is 1. The molecule has 3 heterocycles. The maximum atomic E-state index is 13.8. The standard InChI is InChI=1S/C25H23N3O2S2/c29-32(30,28-17-13-20(14-18-28)19-11-15-26-16-12-19)25-23(21-7-3-1-4-8-21)27-24(31-25)22-9-5-2-6-10-22/h1-12,15-16,20H,13-14,17-18H2. The molecule has 0 N–H and O–H groups in total. The molecule has 0 unspecified atom stereocenters. The van der Waals surface area contributed by atoms with Gasteiger partial charge in [0.25, 0.3) is 10.0 Å². The van der Waals surface area contributed by atoms with E-state index >= 15 is 0 Å². The van der Waals surface area contributed by atoms with Gasteiger partial charge in [0.15, 0.2) is 4.21 Å². The molecule has 0 bridgehead atoms. The minimum absolute atomic E-state index is 0.324. The monoisotopic (exact) mass is 461 g/mol. The normalized spacial score (nSPS) is 15.6. The van der Waals surface area contributed by atoms with E-state index in [1.165, 1.54) is 16.9 Å². The number of benzene rings is 2. The van der Waals surface area contributed by atoms with Crippen molar-refractivity contribution in [3.63, 3.8) is 0 Å². The molecule has 5 rings (SSSR count). The van der Waals surface area contributed by atoms with Crippen LogP contribution >= 0.6 is 11.3 Å². The van der Waals surface area contributed by atoms with Gasteiger partial charge in [0, 0.05) is 36.6 Å². The first-order valence-electron chi connectivity index (χ1n) is 10.6. The van der Waals surface area contributed by atoms with Gasteiger partial charge in [-0.15, -0.1) is 11.3 Å². The Hall–Kier alpha value is -2.87. The van der Waals surface area contributed by atoms with Crippen LogP contribution in [0.5, 0.6) is 0 Å². The Morgan fingerprint density at radius 1 is 0.812 bits per heavy atom. The highest BCUT2D eigenvalue weighted by Crippen LogP contribution is 2.39. The molecule has 0 atom stereocenters. The zero-order chi connectivity index (χ0) is 22.0. The molecule has 2 aromatic carbocycles. The number of sulfonamides is 1. The fourth-order valence-corrected chi connectivity index (χ4v) is 7.28. The van der Waals surface area contributed by atoms with Crippen LogP contribution in [0.4, 0.5) is 0 Å². The van der Waals surface area contributed by atoms with Crippen molar-refractivity contribution in [1.29, 1.82) is 0 Å². The van der Waals surface area contributed by atoms with E-state index in [-0.39, 0.29) is 0 Å². The van der Waals surface area contributed by atoms with Gasteiger partial charge in [-0.3, -0.25) is 4.98 Å². The molecule has 2 aromatic heterocycles. The number of nitrogens with zero attached hydrogens (tertiary/aromatic N) is 3. The van der Waals surface area contributed by atoms with E-state index in [1.54, 1.807) is 16.7 Å². The molecule has 4 aromatic rings. The van der Waals surface area contributed by atoms with Crippen LogP contribution in [-0.4, -0.2) is 35.8 Å². The lowest BCUT2D eigenvalue weighted by Crippen LogP contribution is -2.37. The number of hydrogen-bond donors (Lipinski definition) is 0. The second-order valence-corrected chi connectivity index (χ2v) is 11.0. The van der Waals surface area contributed by atoms with Crippen molar-refractivity contribution in [2.75, 3.05) is 13.1 Å². The molecule has 0 aliphatic carbocycles. The molecule has 1 saturated heterocycles. The van der Waals surface area contributed by atoms with Gasteiger partial charge in [-0.25, -0.2) is 13.4 Å². The van der Waals surface area contributed by atoms with Gasteiger partial charge in [0.05, 0.1) is 0 Å². The summed E-state index contributed by atoms with van der Waals surface area (Å²) in [6, 6.07) is 23.4. The average molecular weight is 462 g/mol. The molecule has 162 valence electrons. The predicted molar refractivity (Wildman–Crippen MR) is 128 cm³/mol. The quantitative estimate of drug-likeness (QED) is 0.397. The maximum absolute atomic E-state index is 13.8. The number of thiazole rings is 1. The summed E-state index contributed by atoms with van der Waals surface area (Å²) in [7, 11) is -3.66. The summed E-state index contributed by atoms with van der Waals surface area (Å²) in [5.74, 6) is 0.361. The Bertz CT molecular complexity index is 1280. The maximum Gasteiger partial charge on any atom is 0.254 e. The van der Waals surface area contributed by atoms with Crippen LogP contribution in [0.3, 0.4) is 0 Å². The van der Waals surface area contributed by atoms with Crippen LogP contribution in [0.25, 0.3) is 21.8 Å². The van der Waals surface area contributed by atoms with Crippen molar-refractivity contribution in [1.82, 2.24) is 14.3 Å². The predicted octanol–water partition coefficient (Wildman–Crippen LogP) is 5.44. The first-order valence-corrected chi connectivity index (χ1v) is 12.9. The van der Waals surface area contributed by atoms with Gasteiger partial charge in [-0.2, -0.15) is 4.31 Å². The molecule has 0 radical (unpaired) electrons. The Morgan fingerprint density at radius 3 is 2.03 bits per heavy atom. The lowest BCUT2D eigenvalue weighted by molar-refractivity contribution is 0.320. The number of aromatic nitrogens is 2. The van der Waals surface area contributed by atoms with Crippen LogP contribution in [-0.2, 0) is 10.0 Å². The van der Waals surface area contributed by atoms with E-state index in [0.717, 1.165) is 29.0 Å². The van der Waals surface area contributed by atoms with E-state index in [2.05, 4.69) is 4.98 Å². The third-order valence-corrected chi connectivity index (χ3v) is 9.36. The average Bonchev–Trinajstić information content (AvgIpc) is 3.32. The summed E-state index contributed by atoms with van der Waals surface area (Å²) in [6.45, 7) is 1.00. The van der Waals surface area contributed by atoms with E-state index in [1.807, 2.05) is 72.8 Å². The topological polar surface area (TPSA) is 63.2 Å². The van der Waals surface area contributed by atoms with Crippen LogP contribution in [0.15, 0.2) is 89.4 Å². The zero-order valence-electron chi connectivity index (χ0n) is 17.5. The molecule has 1 fully saturated rings. The summed E-state index contributed by atoms with van der Waals surface area (Å²) in [5.41, 5.74) is 3.50. The molecule has 0 spiro atoms. The van der Waals surface area contributed by atoms with Gasteiger partial charge in [-0.1, -0.05) is 60.7 Å². The third-order valence-electron chi connectivity index (χ3n) is 5.87. The highest BCUT2D eigenvalue weighted by molar-refractivity contribution is 7.91. The minimum atomic E-state index is -3.66. The first-order chi connectivity index (χ1) is 15.6. The fourth-order valence-electron chi connectivity index (χ4n) is 4.15. The number of rotatable bonds is 5. The van der Waals surface area contributed by atoms with Crippen LogP contribution in [0, 0.1) is 0 Å². The van der Waals surface area contributed by atoms with E-state index in [4.69, 9.17) is 4.98 Å². The van der Waals surface area contributed by atoms with Crippen molar-refractivity contribution in [3.05, 3.63) is 90.8 Å². The molecule has 1 aliphatic rings. The van der Waals surface area contributed by atoms with Crippen LogP contribution < -0.4 is 0 Å². The summed E-state index contributed by atoms with van der Waals surface area (Å²) >= 11 is 1.26. The molecule has 0 amide bonds. The van der Waals surface area contributed by atoms with Crippen molar-refractivity contribution < 1.29 is 8.42 Å². The summed E-state index contributed by atoms with van der Waals surface area (Å²) in [6.07, 6.45) is 5.20. The first kappa shape index (κ1) is 21.0. The molecular weight excluding hydrogens is 438 g/mol. The summed E-state index contributed by atoms with van der Waals surface area (Å²) in [4.78, 5) is 8.87. The van der Waals surface area contributed by atoms with Crippen LogP contribution in [0.1, 0.15) is 24.3 Å². The van der Waals surface area contributed by atoms with Gasteiger partial charge in [0.2, 0.25) is 0 Å². The number of hydrogen-bond acceptors (Lipinski definition) is 5. The van der Waals surface area contributed by atoms with Crippen molar-refractivity contribution in [3.8, 4) is 21.8 Å². The van der Waals surface area contributed by atoms with Gasteiger partial charge in [0.1, 0.15) is 10.7 Å². The van der Waals surface area contributed by atoms with Gasteiger partial charge < -0.3 is 0 Å². The molecule has 1 aliphatic heterocycles. The smallest absolute Gasteiger partial charge is 0.254 e. The highest BCUT2D eigenvalue weighted by atomic mass is 32.2. The molecular formula is C25H23N3O2S2. The van der Waals surface area contributed by atoms with Gasteiger partial charge >= 0.3 is 0 Å². The van der Waals surface area contributed by atoms with Crippen molar-refractivity contribution in [2.45, 2.75) is 23.0 Å². The summed E-state index contributed by atoms with van der Waals surface area (Å²) in [5, 5.41) is 0.717. The SMILES string of the molecule is O=S(=O)(c1sc(-c2ccccc2)nc1-c1ccccc1)N1CCC(c2ccncc2)CC1. The largest absolute Gasteiger partial charge is 0.265 e. The third kappa shape index (κ3) is 4.11. The molecule has 32 heavy (non-hydrogen) atoms. The van der Waals surface area contributed by atoms with E-state index in [9.17, 15) is 8.42 Å². The second kappa shape index (κ2) is 8.94. The van der Waals surface area contributed by atoms with Crippen LogP contribution in [0.2, 0.25) is 0 Å². The Labute approximate surface area is 192 Å². The fraction of sp³-hybridized carbons (Fsp3) is 0.200. The lowest BCUT2D eigenvalue weighted by Gasteiger charge is -2.31. The Kier molecular flexibility index (Phi) is 5.87. The van der Waals surface area contributed by atoms with E-state index < -0.39 is 10.0 Å². The minimum Gasteiger partial charge on any atom is -0.265 e. The Balaban J connectivity index is 1.48. The lowest BCUT2D eigenvalue weighted by atomic mass is 9.91. The number of pyridine rings is 1. The second-order valence-electron chi connectivity index (χ2n) is 7.85. The van der Waals surface area contributed by atoms with E-state index in [0.29, 0.717) is 28.9 Å². The zero-order valence-corrected chi connectivity index (χ0v) is 19.1. The summed E-state index contributed by atoms with van der Waals surface area (Å²) < 4.78 is 29.5. The Morgan fingerprint density at radius 2 is 1.41 bits per heavy atom.